The maximum atomic E-state index is 11.3. The van der Waals surface area contributed by atoms with E-state index in [4.69, 9.17) is 40.2 Å². The molecule has 16 nitrogen and oxygen atoms in total. The molecular weight excluding hydrogens is 567 g/mol. The van der Waals surface area contributed by atoms with Crippen LogP contribution in [0.3, 0.4) is 0 Å². The van der Waals surface area contributed by atoms with Gasteiger partial charge >= 0.3 is 29.6 Å². The number of nitro groups is 2. The number of rotatable bonds is 7. The van der Waals surface area contributed by atoms with Gasteiger partial charge in [0.1, 0.15) is 0 Å². The van der Waals surface area contributed by atoms with E-state index in [2.05, 4.69) is 10.3 Å². The Balaban J connectivity index is -0.000000312. The number of thioether (sulfide) groups is 1. The van der Waals surface area contributed by atoms with Crippen LogP contribution in [0.2, 0.25) is 0 Å². The first-order chi connectivity index (χ1) is 17.7. The minimum Gasteiger partial charge on any atom is -0.398 e. The Hall–Kier alpha value is -2.50. The number of aryl methyl sites for hydroxylation is 1. The summed E-state index contributed by atoms with van der Waals surface area (Å²) in [5, 5.41) is 81.7. The zero-order chi connectivity index (χ0) is 31.9. The number of nitro benzene ring substituents is 2. The SMILES string of the molecule is CC/N=C(/SCC)C(C)Nc1c([N+](=O)[O-])cc(C)cc1[N+](=O)[O-].OB(O)F.OB(O)F.OB(O)F.OB(O)F. The van der Waals surface area contributed by atoms with Crippen LogP contribution in [-0.2, 0) is 0 Å². The maximum Gasteiger partial charge on any atom is 0.674 e. The van der Waals surface area contributed by atoms with E-state index >= 15 is 0 Å². The quantitative estimate of drug-likeness (QED) is 0.0479. The van der Waals surface area contributed by atoms with E-state index in [0.29, 0.717) is 12.1 Å². The number of hydrogen-bond donors (Lipinski definition) is 9. The highest BCUT2D eigenvalue weighted by atomic mass is 32.2. The molecule has 1 aromatic rings. The van der Waals surface area contributed by atoms with E-state index < -0.39 is 39.4 Å². The summed E-state index contributed by atoms with van der Waals surface area (Å²) in [4.78, 5) is 25.6. The predicted octanol–water partition coefficient (Wildman–Crippen LogP) is -0.515. The molecule has 0 amide bonds. The van der Waals surface area contributed by atoms with Gasteiger partial charge in [-0.1, -0.05) is 6.92 Å². The van der Waals surface area contributed by atoms with Gasteiger partial charge in [0.15, 0.2) is 5.69 Å². The molecule has 9 N–H and O–H groups in total. The lowest BCUT2D eigenvalue weighted by Gasteiger charge is -2.17. The molecule has 0 aliphatic heterocycles. The van der Waals surface area contributed by atoms with Crippen LogP contribution >= 0.6 is 11.8 Å². The molecule has 0 heterocycles. The molecule has 0 aromatic heterocycles. The third-order valence-electron chi connectivity index (χ3n) is 2.97. The van der Waals surface area contributed by atoms with E-state index in [0.717, 1.165) is 10.8 Å². The summed E-state index contributed by atoms with van der Waals surface area (Å²) in [6, 6.07) is 2.29. The molecule has 39 heavy (non-hydrogen) atoms. The fraction of sp³-hybridized carbons (Fsp3) is 0.500. The molecule has 1 rings (SSSR count). The van der Waals surface area contributed by atoms with Crippen molar-refractivity contribution in [2.75, 3.05) is 17.6 Å². The van der Waals surface area contributed by atoms with E-state index in [-0.39, 0.29) is 23.1 Å². The van der Waals surface area contributed by atoms with Crippen molar-refractivity contribution in [2.45, 2.75) is 33.7 Å². The Morgan fingerprint density at radius 2 is 1.21 bits per heavy atom. The van der Waals surface area contributed by atoms with Gasteiger partial charge in [-0.2, -0.15) is 0 Å². The average molecular weight is 596 g/mol. The Labute approximate surface area is 225 Å². The molecular formula is C14H28B4F4N4O12S. The fourth-order valence-corrected chi connectivity index (χ4v) is 2.90. The summed E-state index contributed by atoms with van der Waals surface area (Å²) in [5.41, 5.74) is -0.229. The molecule has 0 bridgehead atoms. The minimum absolute atomic E-state index is 0.0846. The third-order valence-corrected chi connectivity index (χ3v) is 4.04. The Morgan fingerprint density at radius 3 is 1.44 bits per heavy atom. The second-order valence-electron chi connectivity index (χ2n) is 6.05. The summed E-state index contributed by atoms with van der Waals surface area (Å²) < 4.78 is 40.4. The van der Waals surface area contributed by atoms with Crippen LogP contribution in [0, 0.1) is 27.2 Å². The lowest BCUT2D eigenvalue weighted by Crippen LogP contribution is -2.25. The number of nitrogens with zero attached hydrogens (tertiary/aromatic N) is 3. The second-order valence-corrected chi connectivity index (χ2v) is 7.33. The van der Waals surface area contributed by atoms with Crippen LogP contribution in [0.25, 0.3) is 0 Å². The van der Waals surface area contributed by atoms with Crippen molar-refractivity contribution in [3.8, 4) is 0 Å². The molecule has 0 saturated heterocycles. The Bertz CT molecular complexity index is 783. The average Bonchev–Trinajstić information content (AvgIpc) is 2.72. The van der Waals surface area contributed by atoms with Gasteiger partial charge in [-0.05, 0) is 32.1 Å². The highest BCUT2D eigenvalue weighted by Crippen LogP contribution is 2.36. The summed E-state index contributed by atoms with van der Waals surface area (Å²) in [6.45, 7) is 7.81. The number of hydrogen-bond acceptors (Lipinski definition) is 15. The molecule has 0 radical (unpaired) electrons. The van der Waals surface area contributed by atoms with Crippen molar-refractivity contribution >= 4 is 63.4 Å². The van der Waals surface area contributed by atoms with Crippen LogP contribution in [0.1, 0.15) is 26.3 Å². The Kier molecular flexibility index (Phi) is 28.8. The van der Waals surface area contributed by atoms with Gasteiger partial charge in [-0.15, -0.1) is 11.8 Å². The van der Waals surface area contributed by atoms with Crippen LogP contribution < -0.4 is 5.32 Å². The smallest absolute Gasteiger partial charge is 0.398 e. The molecule has 1 unspecified atom stereocenters. The van der Waals surface area contributed by atoms with Crippen molar-refractivity contribution in [3.63, 3.8) is 0 Å². The number of nitrogens with one attached hydrogen (secondary N) is 1. The monoisotopic (exact) mass is 596 g/mol. The number of anilines is 1. The first kappa shape index (κ1) is 43.5. The summed E-state index contributed by atoms with van der Waals surface area (Å²) >= 11 is 1.51. The second kappa shape index (κ2) is 25.8. The fourth-order valence-electron chi connectivity index (χ4n) is 2.07. The Morgan fingerprint density at radius 1 is 0.897 bits per heavy atom. The normalized spacial score (nSPS) is 10.3. The lowest BCUT2D eigenvalue weighted by atomic mass is 10.1. The van der Waals surface area contributed by atoms with Crippen molar-refractivity contribution in [1.82, 2.24) is 0 Å². The van der Waals surface area contributed by atoms with Crippen molar-refractivity contribution < 1.29 is 67.3 Å². The molecule has 222 valence electrons. The van der Waals surface area contributed by atoms with Crippen molar-refractivity contribution in [1.29, 1.82) is 0 Å². The highest BCUT2D eigenvalue weighted by molar-refractivity contribution is 8.14. The maximum absolute atomic E-state index is 11.3. The molecule has 0 aliphatic rings. The predicted molar refractivity (Wildman–Crippen MR) is 139 cm³/mol. The standard InChI is InChI=1S/C14H20N4O4S.4BFH2O2/c1-5-15-14(23-6-2)10(4)16-13-11(17(19)20)7-9(3)8-12(13)18(21)22;4*2-1(3)4/h7-8,10,16H,5-6H2,1-4H3;4*3-4H/b15-14+;;;;. The van der Waals surface area contributed by atoms with E-state index in [1.807, 2.05) is 13.8 Å². The van der Waals surface area contributed by atoms with Crippen molar-refractivity contribution in [3.05, 3.63) is 37.9 Å². The van der Waals surface area contributed by atoms with E-state index in [1.54, 1.807) is 13.8 Å². The molecule has 0 aliphatic carbocycles. The number of halogens is 4. The highest BCUT2D eigenvalue weighted by Gasteiger charge is 2.28. The zero-order valence-corrected chi connectivity index (χ0v) is 21.7. The van der Waals surface area contributed by atoms with Crippen molar-refractivity contribution in [2.24, 2.45) is 4.99 Å². The van der Waals surface area contributed by atoms with Crippen LogP contribution in [0.5, 0.6) is 0 Å². The molecule has 1 aromatic carbocycles. The molecule has 1 atom stereocenters. The summed E-state index contributed by atoms with van der Waals surface area (Å²) in [5.74, 6) is 0.795. The summed E-state index contributed by atoms with van der Waals surface area (Å²) in [7, 11) is -10.7. The number of benzene rings is 1. The van der Waals surface area contributed by atoms with Gasteiger partial charge in [0.25, 0.3) is 11.4 Å². The zero-order valence-electron chi connectivity index (χ0n) is 20.9. The summed E-state index contributed by atoms with van der Waals surface area (Å²) in [6.07, 6.45) is 0. The van der Waals surface area contributed by atoms with Gasteiger partial charge in [0.2, 0.25) is 0 Å². The lowest BCUT2D eigenvalue weighted by molar-refractivity contribution is -0.392. The van der Waals surface area contributed by atoms with Crippen LogP contribution in [0.15, 0.2) is 17.1 Å². The topological polar surface area (TPSA) is 273 Å². The van der Waals surface area contributed by atoms with Gasteiger partial charge in [0, 0.05) is 18.7 Å². The van der Waals surface area contributed by atoms with Gasteiger partial charge in [0.05, 0.1) is 20.9 Å². The largest absolute Gasteiger partial charge is 0.674 e. The van der Waals surface area contributed by atoms with Gasteiger partial charge < -0.3 is 45.5 Å². The van der Waals surface area contributed by atoms with Crippen LogP contribution in [-0.4, -0.2) is 103 Å². The number of aliphatic imine (C=N–C) groups is 1. The van der Waals surface area contributed by atoms with Gasteiger partial charge in [-0.25, -0.2) is 0 Å². The van der Waals surface area contributed by atoms with E-state index in [9.17, 15) is 37.5 Å². The molecule has 25 heteroatoms. The molecule has 0 saturated carbocycles. The first-order valence-corrected chi connectivity index (χ1v) is 11.1. The minimum atomic E-state index is -2.67. The first-order valence-electron chi connectivity index (χ1n) is 10.1. The van der Waals surface area contributed by atoms with Gasteiger partial charge in [-0.3, -0.25) is 42.5 Å². The van der Waals surface area contributed by atoms with E-state index in [1.165, 1.54) is 23.9 Å². The molecule has 0 spiro atoms. The third kappa shape index (κ3) is 31.6. The molecule has 0 fully saturated rings. The van der Waals surface area contributed by atoms with Crippen LogP contribution in [0.4, 0.5) is 34.3 Å².